The van der Waals surface area contributed by atoms with Crippen molar-refractivity contribution in [1.82, 2.24) is 5.32 Å². The number of hydrogen-bond acceptors (Lipinski definition) is 3. The summed E-state index contributed by atoms with van der Waals surface area (Å²) in [6.07, 6.45) is 1.64. The Morgan fingerprint density at radius 1 is 1.82 bits per heavy atom. The van der Waals surface area contributed by atoms with Gasteiger partial charge in [-0.15, -0.1) is 0 Å². The highest BCUT2D eigenvalue weighted by Crippen LogP contribution is 2.04. The maximum atomic E-state index is 9.98. The molecule has 0 saturated heterocycles. The van der Waals surface area contributed by atoms with E-state index in [0.717, 1.165) is 25.1 Å². The monoisotopic (exact) mass is 157 g/mol. The van der Waals surface area contributed by atoms with Gasteiger partial charge in [-0.05, 0) is 18.5 Å². The van der Waals surface area contributed by atoms with Crippen molar-refractivity contribution < 1.29 is 14.6 Å². The number of ether oxygens (including phenoxy) is 1. The van der Waals surface area contributed by atoms with Gasteiger partial charge >= 0.3 is 6.16 Å². The van der Waals surface area contributed by atoms with Gasteiger partial charge in [-0.25, -0.2) is 4.79 Å². The summed E-state index contributed by atoms with van der Waals surface area (Å²) in [6, 6.07) is 0. The molecule has 4 heteroatoms. The fourth-order valence-corrected chi connectivity index (χ4v) is 0.955. The number of rotatable bonds is 2. The van der Waals surface area contributed by atoms with Gasteiger partial charge < -0.3 is 15.2 Å². The molecule has 0 aromatic carbocycles. The van der Waals surface area contributed by atoms with Crippen molar-refractivity contribution in [1.29, 1.82) is 0 Å². The van der Waals surface area contributed by atoms with Crippen molar-refractivity contribution in [2.75, 3.05) is 19.7 Å². The van der Waals surface area contributed by atoms with Gasteiger partial charge in [-0.3, -0.25) is 0 Å². The highest BCUT2D eigenvalue weighted by molar-refractivity contribution is 5.57. The van der Waals surface area contributed by atoms with Gasteiger partial charge in [0.25, 0.3) is 0 Å². The van der Waals surface area contributed by atoms with Gasteiger partial charge in [0.2, 0.25) is 0 Å². The minimum atomic E-state index is -1.20. The molecule has 1 aliphatic rings. The molecule has 62 valence electrons. The van der Waals surface area contributed by atoms with E-state index >= 15 is 0 Å². The molecule has 11 heavy (non-hydrogen) atoms. The van der Waals surface area contributed by atoms with E-state index in [9.17, 15) is 4.79 Å². The highest BCUT2D eigenvalue weighted by atomic mass is 16.7. The molecule has 0 aromatic rings. The zero-order valence-electron chi connectivity index (χ0n) is 6.17. The maximum absolute atomic E-state index is 9.98. The standard InChI is InChI=1S/C7H11NO3/c9-7(10)11-5-6-1-3-8-4-2-6/h1,8H,2-5H2,(H,9,10). The Labute approximate surface area is 64.9 Å². The third-order valence-electron chi connectivity index (χ3n) is 1.54. The van der Waals surface area contributed by atoms with Crippen LogP contribution in [-0.4, -0.2) is 31.0 Å². The molecule has 0 fully saturated rings. The van der Waals surface area contributed by atoms with Crippen LogP contribution in [0.4, 0.5) is 4.79 Å². The van der Waals surface area contributed by atoms with Crippen LogP contribution in [0.15, 0.2) is 11.6 Å². The molecule has 1 aliphatic heterocycles. The summed E-state index contributed by atoms with van der Waals surface area (Å²) in [7, 11) is 0. The quantitative estimate of drug-likeness (QED) is 0.455. The van der Waals surface area contributed by atoms with Crippen LogP contribution in [0.1, 0.15) is 6.42 Å². The average Bonchev–Trinajstić information content (AvgIpc) is 2.03. The fourth-order valence-electron chi connectivity index (χ4n) is 0.955. The van der Waals surface area contributed by atoms with Gasteiger partial charge in [-0.1, -0.05) is 6.08 Å². The van der Waals surface area contributed by atoms with Crippen LogP contribution in [0.5, 0.6) is 0 Å². The Hall–Kier alpha value is -1.03. The van der Waals surface area contributed by atoms with E-state index < -0.39 is 6.16 Å². The number of hydrogen-bond donors (Lipinski definition) is 2. The molecular formula is C7H11NO3. The Morgan fingerprint density at radius 2 is 2.64 bits per heavy atom. The van der Waals surface area contributed by atoms with E-state index in [1.54, 1.807) is 0 Å². The van der Waals surface area contributed by atoms with E-state index in [4.69, 9.17) is 5.11 Å². The summed E-state index contributed by atoms with van der Waals surface area (Å²) < 4.78 is 4.40. The predicted molar refractivity (Wildman–Crippen MR) is 39.5 cm³/mol. The Morgan fingerprint density at radius 3 is 3.18 bits per heavy atom. The van der Waals surface area contributed by atoms with Crippen LogP contribution >= 0.6 is 0 Å². The Bertz CT molecular complexity index is 177. The van der Waals surface area contributed by atoms with Crippen molar-refractivity contribution >= 4 is 6.16 Å². The van der Waals surface area contributed by atoms with Crippen molar-refractivity contribution in [3.63, 3.8) is 0 Å². The van der Waals surface area contributed by atoms with E-state index in [2.05, 4.69) is 10.1 Å². The molecule has 0 unspecified atom stereocenters. The highest BCUT2D eigenvalue weighted by Gasteiger charge is 2.04. The smallest absolute Gasteiger partial charge is 0.450 e. The van der Waals surface area contributed by atoms with Gasteiger partial charge in [0.05, 0.1) is 0 Å². The molecule has 4 nitrogen and oxygen atoms in total. The normalized spacial score (nSPS) is 17.3. The lowest BCUT2D eigenvalue weighted by Gasteiger charge is -2.12. The molecule has 2 N–H and O–H groups in total. The first-order chi connectivity index (χ1) is 5.29. The second-order valence-electron chi connectivity index (χ2n) is 2.37. The fraction of sp³-hybridized carbons (Fsp3) is 0.571. The van der Waals surface area contributed by atoms with Gasteiger partial charge in [0, 0.05) is 6.54 Å². The van der Waals surface area contributed by atoms with Gasteiger partial charge in [-0.2, -0.15) is 0 Å². The molecule has 0 aliphatic carbocycles. The van der Waals surface area contributed by atoms with Crippen LogP contribution in [0.25, 0.3) is 0 Å². The average molecular weight is 157 g/mol. The molecule has 1 heterocycles. The molecular weight excluding hydrogens is 146 g/mol. The zero-order valence-corrected chi connectivity index (χ0v) is 6.17. The van der Waals surface area contributed by atoms with Crippen LogP contribution in [0.2, 0.25) is 0 Å². The second-order valence-corrected chi connectivity index (χ2v) is 2.37. The van der Waals surface area contributed by atoms with Crippen LogP contribution in [-0.2, 0) is 4.74 Å². The molecule has 0 radical (unpaired) electrons. The zero-order chi connectivity index (χ0) is 8.10. The summed E-state index contributed by atoms with van der Waals surface area (Å²) in [5.41, 5.74) is 1.06. The van der Waals surface area contributed by atoms with Crippen molar-refractivity contribution in [2.45, 2.75) is 6.42 Å². The van der Waals surface area contributed by atoms with E-state index in [0.29, 0.717) is 0 Å². The summed E-state index contributed by atoms with van der Waals surface area (Å²) in [6.45, 7) is 1.95. The molecule has 0 aromatic heterocycles. The largest absolute Gasteiger partial charge is 0.506 e. The van der Waals surface area contributed by atoms with Crippen LogP contribution < -0.4 is 5.32 Å². The minimum absolute atomic E-state index is 0.219. The lowest BCUT2D eigenvalue weighted by Crippen LogP contribution is -2.22. The first-order valence-corrected chi connectivity index (χ1v) is 3.53. The summed E-state index contributed by atoms with van der Waals surface area (Å²) in [5, 5.41) is 11.3. The van der Waals surface area contributed by atoms with Crippen molar-refractivity contribution in [3.05, 3.63) is 11.6 Å². The Balaban J connectivity index is 2.24. The van der Waals surface area contributed by atoms with E-state index in [1.165, 1.54) is 0 Å². The number of carboxylic acid groups (broad SMARTS) is 1. The van der Waals surface area contributed by atoms with E-state index in [-0.39, 0.29) is 6.61 Å². The lowest BCUT2D eigenvalue weighted by molar-refractivity contribution is 0.0988. The van der Waals surface area contributed by atoms with Crippen LogP contribution in [0.3, 0.4) is 0 Å². The van der Waals surface area contributed by atoms with Gasteiger partial charge in [0.15, 0.2) is 0 Å². The Kier molecular flexibility index (Phi) is 2.92. The number of nitrogens with one attached hydrogen (secondary N) is 1. The molecule has 0 atom stereocenters. The summed E-state index contributed by atoms with van der Waals surface area (Å²) in [4.78, 5) is 9.98. The van der Waals surface area contributed by atoms with Crippen molar-refractivity contribution in [3.8, 4) is 0 Å². The third kappa shape index (κ3) is 3.04. The van der Waals surface area contributed by atoms with Gasteiger partial charge in [0.1, 0.15) is 6.61 Å². The summed E-state index contributed by atoms with van der Waals surface area (Å²) in [5.74, 6) is 0. The van der Waals surface area contributed by atoms with Crippen LogP contribution in [0, 0.1) is 0 Å². The maximum Gasteiger partial charge on any atom is 0.506 e. The SMILES string of the molecule is O=C(O)OCC1=CCNCC1. The minimum Gasteiger partial charge on any atom is -0.450 e. The number of carbonyl (C=O) groups is 1. The van der Waals surface area contributed by atoms with E-state index in [1.807, 2.05) is 6.08 Å². The summed E-state index contributed by atoms with van der Waals surface area (Å²) >= 11 is 0. The molecule has 0 bridgehead atoms. The third-order valence-corrected chi connectivity index (χ3v) is 1.54. The molecule has 1 rings (SSSR count). The molecule has 0 amide bonds. The van der Waals surface area contributed by atoms with Crippen molar-refractivity contribution in [2.24, 2.45) is 0 Å². The first kappa shape index (κ1) is 8.07. The molecule has 0 spiro atoms. The second kappa shape index (κ2) is 3.98. The lowest BCUT2D eigenvalue weighted by atomic mass is 10.1. The molecule has 0 saturated carbocycles. The predicted octanol–water partition coefficient (Wildman–Crippen LogP) is 0.601. The first-order valence-electron chi connectivity index (χ1n) is 3.53. The topological polar surface area (TPSA) is 58.6 Å².